The topological polar surface area (TPSA) is 60.4 Å². The standard InChI is InChI=1S/C10H9F3O4S/c1-17-9(14)7-5-6(18(2,15)16)3-4-8(7)10(11,12)13/h3-5H,1-2H3. The lowest BCUT2D eigenvalue weighted by molar-refractivity contribution is -0.138. The Kier molecular flexibility index (Phi) is 3.70. The fourth-order valence-electron chi connectivity index (χ4n) is 1.28. The Morgan fingerprint density at radius 1 is 1.28 bits per heavy atom. The summed E-state index contributed by atoms with van der Waals surface area (Å²) >= 11 is 0. The molecule has 0 fully saturated rings. The minimum Gasteiger partial charge on any atom is -0.465 e. The second kappa shape index (κ2) is 4.60. The fourth-order valence-corrected chi connectivity index (χ4v) is 1.93. The van der Waals surface area contributed by atoms with E-state index in [1.165, 1.54) is 0 Å². The number of sulfone groups is 1. The maximum atomic E-state index is 12.6. The van der Waals surface area contributed by atoms with E-state index in [9.17, 15) is 26.4 Å². The summed E-state index contributed by atoms with van der Waals surface area (Å²) in [5.41, 5.74) is -2.06. The first-order chi connectivity index (χ1) is 8.07. The maximum Gasteiger partial charge on any atom is 0.417 e. The van der Waals surface area contributed by atoms with Crippen molar-refractivity contribution < 1.29 is 31.1 Å². The number of hydrogen-bond donors (Lipinski definition) is 0. The average Bonchev–Trinajstić information content (AvgIpc) is 2.24. The molecule has 18 heavy (non-hydrogen) atoms. The van der Waals surface area contributed by atoms with Gasteiger partial charge in [-0.05, 0) is 18.2 Å². The number of carbonyl (C=O) groups is 1. The summed E-state index contributed by atoms with van der Waals surface area (Å²) in [5.74, 6) is -1.24. The van der Waals surface area contributed by atoms with Gasteiger partial charge in [-0.2, -0.15) is 13.2 Å². The van der Waals surface area contributed by atoms with Crippen molar-refractivity contribution >= 4 is 15.8 Å². The SMILES string of the molecule is COC(=O)c1cc(S(C)(=O)=O)ccc1C(F)(F)F. The van der Waals surface area contributed by atoms with Gasteiger partial charge in [-0.3, -0.25) is 0 Å². The lowest BCUT2D eigenvalue weighted by atomic mass is 10.1. The van der Waals surface area contributed by atoms with Crippen LogP contribution in [0.3, 0.4) is 0 Å². The van der Waals surface area contributed by atoms with Crippen molar-refractivity contribution in [2.24, 2.45) is 0 Å². The number of benzene rings is 1. The van der Waals surface area contributed by atoms with Crippen LogP contribution in [0.2, 0.25) is 0 Å². The van der Waals surface area contributed by atoms with E-state index < -0.39 is 33.1 Å². The molecular formula is C10H9F3O4S. The van der Waals surface area contributed by atoms with Crippen molar-refractivity contribution in [3.8, 4) is 0 Å². The zero-order valence-corrected chi connectivity index (χ0v) is 10.2. The average molecular weight is 282 g/mol. The summed E-state index contributed by atoms with van der Waals surface area (Å²) in [4.78, 5) is 10.9. The van der Waals surface area contributed by atoms with E-state index in [0.717, 1.165) is 19.4 Å². The van der Waals surface area contributed by atoms with E-state index in [2.05, 4.69) is 4.74 Å². The minimum absolute atomic E-state index is 0.379. The van der Waals surface area contributed by atoms with Gasteiger partial charge < -0.3 is 4.74 Å². The van der Waals surface area contributed by atoms with Crippen LogP contribution in [0, 0.1) is 0 Å². The molecule has 0 aliphatic carbocycles. The highest BCUT2D eigenvalue weighted by atomic mass is 32.2. The molecule has 0 aliphatic rings. The summed E-state index contributed by atoms with van der Waals surface area (Å²) in [6, 6.07) is 2.00. The molecule has 8 heteroatoms. The van der Waals surface area contributed by atoms with Crippen LogP contribution in [0.25, 0.3) is 0 Å². The molecule has 1 aromatic carbocycles. The number of ether oxygens (including phenoxy) is 1. The van der Waals surface area contributed by atoms with Gasteiger partial charge in [0.1, 0.15) is 0 Å². The number of esters is 1. The third-order valence-electron chi connectivity index (χ3n) is 2.13. The summed E-state index contributed by atoms with van der Waals surface area (Å²) < 4.78 is 64.5. The van der Waals surface area contributed by atoms with Gasteiger partial charge in [0, 0.05) is 6.26 Å². The molecule has 0 atom stereocenters. The second-order valence-corrected chi connectivity index (χ2v) is 5.48. The van der Waals surface area contributed by atoms with Crippen LogP contribution in [0.4, 0.5) is 13.2 Å². The molecule has 0 amide bonds. The Bertz CT molecular complexity index is 575. The smallest absolute Gasteiger partial charge is 0.417 e. The number of halogens is 3. The number of alkyl halides is 3. The van der Waals surface area contributed by atoms with Gasteiger partial charge in [0.05, 0.1) is 23.1 Å². The first-order valence-electron chi connectivity index (χ1n) is 4.57. The van der Waals surface area contributed by atoms with E-state index in [1.807, 2.05) is 0 Å². The van der Waals surface area contributed by atoms with Crippen LogP contribution in [0.1, 0.15) is 15.9 Å². The zero-order chi connectivity index (χ0) is 14.1. The summed E-state index contributed by atoms with van der Waals surface area (Å²) in [7, 11) is -2.79. The van der Waals surface area contributed by atoms with Crippen molar-refractivity contribution in [3.05, 3.63) is 29.3 Å². The largest absolute Gasteiger partial charge is 0.465 e. The molecule has 0 N–H and O–H groups in total. The van der Waals surface area contributed by atoms with Crippen molar-refractivity contribution in [1.82, 2.24) is 0 Å². The highest BCUT2D eigenvalue weighted by molar-refractivity contribution is 7.90. The monoisotopic (exact) mass is 282 g/mol. The highest BCUT2D eigenvalue weighted by Crippen LogP contribution is 2.33. The second-order valence-electron chi connectivity index (χ2n) is 3.47. The normalized spacial score (nSPS) is 12.3. The lowest BCUT2D eigenvalue weighted by Crippen LogP contribution is -2.15. The molecule has 0 aromatic heterocycles. The van der Waals surface area contributed by atoms with E-state index >= 15 is 0 Å². The molecule has 0 heterocycles. The molecule has 0 unspecified atom stereocenters. The van der Waals surface area contributed by atoms with Gasteiger partial charge in [0.25, 0.3) is 0 Å². The maximum absolute atomic E-state index is 12.6. The molecule has 0 bridgehead atoms. The Morgan fingerprint density at radius 3 is 2.22 bits per heavy atom. The van der Waals surface area contributed by atoms with E-state index in [1.54, 1.807) is 0 Å². The Balaban J connectivity index is 3.54. The molecule has 100 valence electrons. The lowest BCUT2D eigenvalue weighted by Gasteiger charge is -2.12. The van der Waals surface area contributed by atoms with Gasteiger partial charge >= 0.3 is 12.1 Å². The Morgan fingerprint density at radius 2 is 1.83 bits per heavy atom. The van der Waals surface area contributed by atoms with Gasteiger partial charge in [0.2, 0.25) is 0 Å². The molecule has 0 saturated heterocycles. The fraction of sp³-hybridized carbons (Fsp3) is 0.300. The first kappa shape index (κ1) is 14.5. The van der Waals surface area contributed by atoms with Crippen LogP contribution in [0.15, 0.2) is 23.1 Å². The number of carbonyl (C=O) groups excluding carboxylic acids is 1. The summed E-state index contributed by atoms with van der Waals surface area (Å²) in [6.45, 7) is 0. The van der Waals surface area contributed by atoms with Crippen molar-refractivity contribution in [2.45, 2.75) is 11.1 Å². The summed E-state index contributed by atoms with van der Waals surface area (Å²) in [5, 5.41) is 0. The Hall–Kier alpha value is -1.57. The quantitative estimate of drug-likeness (QED) is 0.777. The predicted molar refractivity (Wildman–Crippen MR) is 55.9 cm³/mol. The molecule has 1 aromatic rings. The van der Waals surface area contributed by atoms with E-state index in [0.29, 0.717) is 12.1 Å². The van der Waals surface area contributed by atoms with Crippen LogP contribution >= 0.6 is 0 Å². The molecule has 4 nitrogen and oxygen atoms in total. The molecular weight excluding hydrogens is 273 g/mol. The van der Waals surface area contributed by atoms with Crippen LogP contribution in [0.5, 0.6) is 0 Å². The van der Waals surface area contributed by atoms with Crippen LogP contribution in [-0.2, 0) is 20.8 Å². The van der Waals surface area contributed by atoms with Crippen molar-refractivity contribution in [1.29, 1.82) is 0 Å². The molecule has 0 spiro atoms. The van der Waals surface area contributed by atoms with Crippen molar-refractivity contribution in [3.63, 3.8) is 0 Å². The molecule has 0 aliphatic heterocycles. The summed E-state index contributed by atoms with van der Waals surface area (Å²) in [6.07, 6.45) is -3.93. The third-order valence-corrected chi connectivity index (χ3v) is 3.24. The first-order valence-corrected chi connectivity index (χ1v) is 6.46. The Labute approximate surface area is 101 Å². The minimum atomic E-state index is -4.76. The zero-order valence-electron chi connectivity index (χ0n) is 9.41. The van der Waals surface area contributed by atoms with Gasteiger partial charge in [-0.1, -0.05) is 0 Å². The predicted octanol–water partition coefficient (Wildman–Crippen LogP) is 1.90. The molecule has 1 rings (SSSR count). The highest BCUT2D eigenvalue weighted by Gasteiger charge is 2.36. The number of methoxy groups -OCH3 is 1. The number of hydrogen-bond acceptors (Lipinski definition) is 4. The van der Waals surface area contributed by atoms with Gasteiger partial charge in [0.15, 0.2) is 9.84 Å². The number of rotatable bonds is 2. The van der Waals surface area contributed by atoms with Gasteiger partial charge in [-0.15, -0.1) is 0 Å². The van der Waals surface area contributed by atoms with Crippen LogP contribution < -0.4 is 0 Å². The van der Waals surface area contributed by atoms with Crippen LogP contribution in [-0.4, -0.2) is 27.8 Å². The molecule has 0 radical (unpaired) electrons. The van der Waals surface area contributed by atoms with Crippen molar-refractivity contribution in [2.75, 3.05) is 13.4 Å². The third kappa shape index (κ3) is 3.00. The molecule has 0 saturated carbocycles. The van der Waals surface area contributed by atoms with E-state index in [4.69, 9.17) is 0 Å². The van der Waals surface area contributed by atoms with E-state index in [-0.39, 0.29) is 4.90 Å². The van der Waals surface area contributed by atoms with Gasteiger partial charge in [-0.25, -0.2) is 13.2 Å².